The van der Waals surface area contributed by atoms with E-state index in [1.54, 1.807) is 6.92 Å². The minimum Gasteiger partial charge on any atom is -0.346 e. The number of hydrogen-bond donors (Lipinski definition) is 0. The van der Waals surface area contributed by atoms with Crippen LogP contribution in [0.3, 0.4) is 0 Å². The summed E-state index contributed by atoms with van der Waals surface area (Å²) in [7, 11) is 0. The van der Waals surface area contributed by atoms with Crippen molar-refractivity contribution in [2.24, 2.45) is 0 Å². The van der Waals surface area contributed by atoms with E-state index in [1.807, 2.05) is 0 Å². The maximum Gasteiger partial charge on any atom is 2.00 e. The molecule has 0 atom stereocenters. The van der Waals surface area contributed by atoms with Gasteiger partial charge in [-0.2, -0.15) is 6.92 Å². The molecule has 0 aromatic rings. The summed E-state index contributed by atoms with van der Waals surface area (Å²) in [5.41, 5.74) is 0. The van der Waals surface area contributed by atoms with Crippen molar-refractivity contribution in [2.45, 2.75) is 26.2 Å². The molecule has 9 heavy (non-hydrogen) atoms. The molecule has 0 aromatic heterocycles. The van der Waals surface area contributed by atoms with E-state index in [-0.39, 0.29) is 23.1 Å². The summed E-state index contributed by atoms with van der Waals surface area (Å²) >= 11 is 0. The molecule has 1 rings (SSSR count). The fourth-order valence-electron chi connectivity index (χ4n) is 0.642. The van der Waals surface area contributed by atoms with Gasteiger partial charge in [0, 0.05) is 0 Å². The van der Waals surface area contributed by atoms with Gasteiger partial charge in [-0.25, -0.2) is 18.6 Å². The van der Waals surface area contributed by atoms with Crippen LogP contribution in [0, 0.1) is 13.3 Å². The SMILES string of the molecule is C1=CCCC[CH-]1.[CH2-]C.[Mg+2]. The summed E-state index contributed by atoms with van der Waals surface area (Å²) in [5.74, 6) is 0. The van der Waals surface area contributed by atoms with Crippen molar-refractivity contribution in [2.75, 3.05) is 0 Å². The van der Waals surface area contributed by atoms with E-state index in [9.17, 15) is 0 Å². The molecule has 0 saturated heterocycles. The quantitative estimate of drug-likeness (QED) is 0.353. The van der Waals surface area contributed by atoms with Crippen molar-refractivity contribution in [1.82, 2.24) is 0 Å². The first-order valence-electron chi connectivity index (χ1n) is 3.19. The van der Waals surface area contributed by atoms with E-state index in [0.29, 0.717) is 0 Å². The Morgan fingerprint density at radius 1 is 1.44 bits per heavy atom. The van der Waals surface area contributed by atoms with E-state index in [2.05, 4.69) is 25.5 Å². The van der Waals surface area contributed by atoms with Gasteiger partial charge in [0.15, 0.2) is 0 Å². The van der Waals surface area contributed by atoms with Crippen LogP contribution in [-0.4, -0.2) is 23.1 Å². The zero-order valence-corrected chi connectivity index (χ0v) is 7.68. The van der Waals surface area contributed by atoms with Crippen LogP contribution in [0.25, 0.3) is 0 Å². The van der Waals surface area contributed by atoms with E-state index in [1.165, 1.54) is 19.3 Å². The third-order valence-corrected chi connectivity index (χ3v) is 1.01. The summed E-state index contributed by atoms with van der Waals surface area (Å²) in [6.45, 7) is 5.00. The van der Waals surface area contributed by atoms with Crippen LogP contribution in [0.1, 0.15) is 26.2 Å². The molecule has 0 nitrogen and oxygen atoms in total. The molecule has 0 spiro atoms. The maximum absolute atomic E-state index is 3.25. The van der Waals surface area contributed by atoms with Crippen molar-refractivity contribution in [3.05, 3.63) is 25.5 Å². The smallest absolute Gasteiger partial charge is 0.346 e. The average molecular weight is 135 g/mol. The standard InChI is InChI=1S/C6H9.C2H5.Mg/c1-2-4-6-5-3-1;1-2;/h1-3H,4-6H2;1H2,2H3;/q2*-1;+2. The Kier molecular flexibility index (Phi) is 15.1. The molecule has 1 heteroatoms. The number of hydrogen-bond acceptors (Lipinski definition) is 0. The van der Waals surface area contributed by atoms with Gasteiger partial charge in [-0.1, -0.05) is 6.42 Å². The molecular weight excluding hydrogens is 120 g/mol. The molecule has 0 radical (unpaired) electrons. The second kappa shape index (κ2) is 11.2. The molecule has 0 fully saturated rings. The summed E-state index contributed by atoms with van der Waals surface area (Å²) in [6.07, 6.45) is 10.5. The zero-order valence-electron chi connectivity index (χ0n) is 6.27. The second-order valence-corrected chi connectivity index (χ2v) is 1.59. The first-order chi connectivity index (χ1) is 4.00. The molecular formula is C8H14Mg. The van der Waals surface area contributed by atoms with Crippen LogP contribution in [-0.2, 0) is 0 Å². The zero-order chi connectivity index (χ0) is 6.24. The van der Waals surface area contributed by atoms with Crippen molar-refractivity contribution >= 4 is 23.1 Å². The van der Waals surface area contributed by atoms with Crippen LogP contribution in [0.15, 0.2) is 12.2 Å². The van der Waals surface area contributed by atoms with E-state index < -0.39 is 0 Å². The third kappa shape index (κ3) is 8.38. The van der Waals surface area contributed by atoms with Gasteiger partial charge in [-0.15, -0.1) is 12.8 Å². The van der Waals surface area contributed by atoms with Crippen LogP contribution in [0.2, 0.25) is 0 Å². The predicted octanol–water partition coefficient (Wildman–Crippen LogP) is 2.39. The Balaban J connectivity index is 0. The Labute approximate surface area is 74.9 Å². The Morgan fingerprint density at radius 2 is 2.11 bits per heavy atom. The Morgan fingerprint density at radius 3 is 2.22 bits per heavy atom. The normalized spacial score (nSPS) is 14.0. The molecule has 1 aliphatic rings. The fourth-order valence-corrected chi connectivity index (χ4v) is 0.642. The molecule has 0 unspecified atom stereocenters. The van der Waals surface area contributed by atoms with Crippen molar-refractivity contribution in [3.8, 4) is 0 Å². The van der Waals surface area contributed by atoms with Crippen LogP contribution in [0.4, 0.5) is 0 Å². The largest absolute Gasteiger partial charge is 2.00 e. The monoisotopic (exact) mass is 134 g/mol. The van der Waals surface area contributed by atoms with Gasteiger partial charge in [0.05, 0.1) is 0 Å². The van der Waals surface area contributed by atoms with Crippen molar-refractivity contribution in [1.29, 1.82) is 0 Å². The van der Waals surface area contributed by atoms with E-state index in [4.69, 9.17) is 0 Å². The Bertz CT molecular complexity index is 49.6. The van der Waals surface area contributed by atoms with Gasteiger partial charge in [0.2, 0.25) is 0 Å². The second-order valence-electron chi connectivity index (χ2n) is 1.59. The van der Waals surface area contributed by atoms with Gasteiger partial charge >= 0.3 is 23.1 Å². The first-order valence-corrected chi connectivity index (χ1v) is 3.19. The minimum atomic E-state index is 0. The average Bonchev–Trinajstić information content (AvgIpc) is 1.96. The summed E-state index contributed by atoms with van der Waals surface area (Å²) in [4.78, 5) is 0. The first kappa shape index (κ1) is 12.1. The summed E-state index contributed by atoms with van der Waals surface area (Å²) in [6, 6.07) is 0. The molecule has 0 heterocycles. The maximum atomic E-state index is 3.25. The van der Waals surface area contributed by atoms with Crippen LogP contribution >= 0.6 is 0 Å². The topological polar surface area (TPSA) is 0 Å². The van der Waals surface area contributed by atoms with Crippen LogP contribution in [0.5, 0.6) is 0 Å². The molecule has 0 saturated carbocycles. The van der Waals surface area contributed by atoms with Gasteiger partial charge in [-0.3, -0.25) is 0 Å². The number of allylic oxidation sites excluding steroid dienone is 2. The van der Waals surface area contributed by atoms with Crippen molar-refractivity contribution in [3.63, 3.8) is 0 Å². The number of rotatable bonds is 0. The van der Waals surface area contributed by atoms with Gasteiger partial charge in [-0.05, 0) is 0 Å². The summed E-state index contributed by atoms with van der Waals surface area (Å²) < 4.78 is 0. The minimum absolute atomic E-state index is 0. The van der Waals surface area contributed by atoms with E-state index >= 15 is 0 Å². The third-order valence-electron chi connectivity index (χ3n) is 1.01. The molecule has 0 aliphatic heterocycles. The molecule has 0 amide bonds. The van der Waals surface area contributed by atoms with Gasteiger partial charge in [0.25, 0.3) is 0 Å². The predicted molar refractivity (Wildman–Crippen MR) is 44.1 cm³/mol. The Hall–Kier alpha value is 0.376. The molecule has 48 valence electrons. The van der Waals surface area contributed by atoms with Crippen molar-refractivity contribution < 1.29 is 0 Å². The van der Waals surface area contributed by atoms with Gasteiger partial charge < -0.3 is 6.92 Å². The molecule has 0 aromatic carbocycles. The summed E-state index contributed by atoms with van der Waals surface area (Å²) in [5, 5.41) is 0. The van der Waals surface area contributed by atoms with E-state index in [0.717, 1.165) is 0 Å². The molecule has 0 bridgehead atoms. The van der Waals surface area contributed by atoms with Crippen LogP contribution < -0.4 is 0 Å². The van der Waals surface area contributed by atoms with Gasteiger partial charge in [0.1, 0.15) is 0 Å². The molecule has 0 N–H and O–H groups in total. The fraction of sp³-hybridized carbons (Fsp3) is 0.500. The molecule has 1 aliphatic carbocycles.